The fraction of sp³-hybridized carbons (Fsp3) is 0.421. The van der Waals surface area contributed by atoms with E-state index < -0.39 is 0 Å². The third-order valence-corrected chi connectivity index (χ3v) is 5.80. The number of imidazole rings is 1. The van der Waals surface area contributed by atoms with Gasteiger partial charge in [0, 0.05) is 25.5 Å². The third-order valence-electron chi connectivity index (χ3n) is 4.87. The molecule has 28 heavy (non-hydrogen) atoms. The number of amides is 1. The van der Waals surface area contributed by atoms with Crippen LogP contribution in [-0.4, -0.2) is 41.4 Å². The average molecular weight is 398 g/mol. The molecule has 1 amide bonds. The van der Waals surface area contributed by atoms with E-state index in [0.29, 0.717) is 18.3 Å². The number of hydrogen-bond donors (Lipinski definition) is 1. The standard InChI is InChI=1S/C19H23N7OS/c27-18(13-28-19-22-23-24-26(19)17-6-1-2-7-17)21-11-15-4-3-5-16(10-15)12-25-9-8-20-14-25/h3-5,8-10,14,17H,1-2,6-7,11-13H2,(H,21,27). The topological polar surface area (TPSA) is 90.5 Å². The molecule has 2 heterocycles. The van der Waals surface area contributed by atoms with Crippen LogP contribution >= 0.6 is 11.8 Å². The van der Waals surface area contributed by atoms with Gasteiger partial charge in [0.15, 0.2) is 0 Å². The minimum Gasteiger partial charge on any atom is -0.351 e. The van der Waals surface area contributed by atoms with Crippen LogP contribution in [0.15, 0.2) is 48.1 Å². The van der Waals surface area contributed by atoms with Gasteiger partial charge in [-0.15, -0.1) is 5.10 Å². The van der Waals surface area contributed by atoms with Gasteiger partial charge in [-0.1, -0.05) is 48.9 Å². The number of thioether (sulfide) groups is 1. The van der Waals surface area contributed by atoms with E-state index >= 15 is 0 Å². The molecule has 0 unspecified atom stereocenters. The summed E-state index contributed by atoms with van der Waals surface area (Å²) in [4.78, 5) is 16.3. The van der Waals surface area contributed by atoms with Gasteiger partial charge in [-0.25, -0.2) is 9.67 Å². The summed E-state index contributed by atoms with van der Waals surface area (Å²) < 4.78 is 3.90. The van der Waals surface area contributed by atoms with E-state index in [1.165, 1.54) is 30.2 Å². The van der Waals surface area contributed by atoms with Gasteiger partial charge < -0.3 is 9.88 Å². The van der Waals surface area contributed by atoms with Crippen molar-refractivity contribution in [1.29, 1.82) is 0 Å². The Morgan fingerprint density at radius 2 is 2.11 bits per heavy atom. The predicted octanol–water partition coefficient (Wildman–Crippen LogP) is 2.44. The molecule has 0 saturated heterocycles. The van der Waals surface area contributed by atoms with E-state index in [1.54, 1.807) is 12.5 Å². The van der Waals surface area contributed by atoms with Gasteiger partial charge in [-0.05, 0) is 34.4 Å². The van der Waals surface area contributed by atoms with Crippen molar-refractivity contribution in [3.05, 3.63) is 54.1 Å². The number of hydrogen-bond acceptors (Lipinski definition) is 6. The van der Waals surface area contributed by atoms with Crippen molar-refractivity contribution in [2.24, 2.45) is 0 Å². The first kappa shape index (κ1) is 18.7. The second kappa shape index (κ2) is 9.01. The molecule has 0 radical (unpaired) electrons. The van der Waals surface area contributed by atoms with Crippen LogP contribution in [-0.2, 0) is 17.9 Å². The molecule has 1 aliphatic rings. The molecule has 3 aromatic rings. The van der Waals surface area contributed by atoms with Crippen molar-refractivity contribution in [3.63, 3.8) is 0 Å². The molecule has 8 nitrogen and oxygen atoms in total. The minimum atomic E-state index is -0.0222. The molecular weight excluding hydrogens is 374 g/mol. The zero-order valence-electron chi connectivity index (χ0n) is 15.6. The van der Waals surface area contributed by atoms with Gasteiger partial charge in [-0.2, -0.15) is 0 Å². The number of tetrazole rings is 1. The number of nitrogens with one attached hydrogen (secondary N) is 1. The summed E-state index contributed by atoms with van der Waals surface area (Å²) in [6, 6.07) is 8.58. The first-order valence-corrected chi connectivity index (χ1v) is 10.5. The summed E-state index contributed by atoms with van der Waals surface area (Å²) in [7, 11) is 0. The Balaban J connectivity index is 1.26. The van der Waals surface area contributed by atoms with Crippen LogP contribution < -0.4 is 5.32 Å². The van der Waals surface area contributed by atoms with E-state index in [9.17, 15) is 4.79 Å². The average Bonchev–Trinajstić information content (AvgIpc) is 3.47. The first-order valence-electron chi connectivity index (χ1n) is 9.49. The monoisotopic (exact) mass is 397 g/mol. The Labute approximate surface area is 167 Å². The molecule has 1 N–H and O–H groups in total. The van der Waals surface area contributed by atoms with E-state index in [4.69, 9.17) is 0 Å². The molecule has 0 bridgehead atoms. The van der Waals surface area contributed by atoms with Crippen LogP contribution in [0.1, 0.15) is 42.9 Å². The molecule has 1 fully saturated rings. The lowest BCUT2D eigenvalue weighted by molar-refractivity contribution is -0.118. The summed E-state index contributed by atoms with van der Waals surface area (Å²) in [6.07, 6.45) is 10.2. The summed E-state index contributed by atoms with van der Waals surface area (Å²) in [5, 5.41) is 15.7. The Kier molecular flexibility index (Phi) is 6.01. The SMILES string of the molecule is O=C(CSc1nnnn1C1CCCC1)NCc1cccc(Cn2ccnc2)c1. The molecule has 0 aliphatic heterocycles. The predicted molar refractivity (Wildman–Crippen MR) is 106 cm³/mol. The highest BCUT2D eigenvalue weighted by atomic mass is 32.2. The molecule has 0 atom stereocenters. The van der Waals surface area contributed by atoms with Crippen molar-refractivity contribution in [2.45, 2.75) is 50.0 Å². The van der Waals surface area contributed by atoms with Crippen LogP contribution in [0.4, 0.5) is 0 Å². The van der Waals surface area contributed by atoms with Crippen molar-refractivity contribution in [1.82, 2.24) is 35.1 Å². The quantitative estimate of drug-likeness (QED) is 0.587. The Morgan fingerprint density at radius 3 is 2.93 bits per heavy atom. The number of rotatable bonds is 8. The Hall–Kier alpha value is -2.68. The Morgan fingerprint density at radius 1 is 1.25 bits per heavy atom. The molecule has 146 valence electrons. The Bertz CT molecular complexity index is 903. The molecule has 2 aromatic heterocycles. The van der Waals surface area contributed by atoms with Gasteiger partial charge >= 0.3 is 0 Å². The smallest absolute Gasteiger partial charge is 0.230 e. The first-order chi connectivity index (χ1) is 13.8. The van der Waals surface area contributed by atoms with Crippen LogP contribution in [0.2, 0.25) is 0 Å². The van der Waals surface area contributed by atoms with E-state index in [1.807, 2.05) is 27.6 Å². The molecule has 1 aromatic carbocycles. The molecule has 1 saturated carbocycles. The largest absolute Gasteiger partial charge is 0.351 e. The lowest BCUT2D eigenvalue weighted by Crippen LogP contribution is -2.25. The lowest BCUT2D eigenvalue weighted by atomic mass is 10.1. The summed E-state index contributed by atoms with van der Waals surface area (Å²) >= 11 is 1.39. The van der Waals surface area contributed by atoms with Crippen molar-refractivity contribution < 1.29 is 4.79 Å². The van der Waals surface area contributed by atoms with Gasteiger partial charge in [0.05, 0.1) is 18.1 Å². The van der Waals surface area contributed by atoms with Crippen molar-refractivity contribution in [3.8, 4) is 0 Å². The number of carbonyl (C=O) groups excluding carboxylic acids is 1. The van der Waals surface area contributed by atoms with E-state index in [2.05, 4.69) is 38.0 Å². The fourth-order valence-electron chi connectivity index (χ4n) is 3.47. The zero-order chi connectivity index (χ0) is 19.2. The number of nitrogens with zero attached hydrogens (tertiary/aromatic N) is 6. The second-order valence-electron chi connectivity index (χ2n) is 6.96. The van der Waals surface area contributed by atoms with Crippen LogP contribution in [0.25, 0.3) is 0 Å². The van der Waals surface area contributed by atoms with Crippen molar-refractivity contribution >= 4 is 17.7 Å². The van der Waals surface area contributed by atoms with Gasteiger partial charge in [0.1, 0.15) is 0 Å². The highest BCUT2D eigenvalue weighted by Crippen LogP contribution is 2.31. The molecule has 9 heteroatoms. The zero-order valence-corrected chi connectivity index (χ0v) is 16.4. The fourth-order valence-corrected chi connectivity index (χ4v) is 4.24. The van der Waals surface area contributed by atoms with Crippen molar-refractivity contribution in [2.75, 3.05) is 5.75 Å². The van der Waals surface area contributed by atoms with Gasteiger partial charge in [0.2, 0.25) is 11.1 Å². The normalized spacial score (nSPS) is 14.4. The van der Waals surface area contributed by atoms with Gasteiger partial charge in [-0.3, -0.25) is 4.79 Å². The highest BCUT2D eigenvalue weighted by Gasteiger charge is 2.22. The van der Waals surface area contributed by atoms with E-state index in [0.717, 1.165) is 30.1 Å². The second-order valence-corrected chi connectivity index (χ2v) is 7.91. The molecule has 4 rings (SSSR count). The minimum absolute atomic E-state index is 0.0222. The highest BCUT2D eigenvalue weighted by molar-refractivity contribution is 7.99. The molecular formula is C19H23N7OS. The van der Waals surface area contributed by atoms with Crippen LogP contribution in [0.3, 0.4) is 0 Å². The maximum Gasteiger partial charge on any atom is 0.230 e. The third kappa shape index (κ3) is 4.78. The molecule has 0 spiro atoms. The number of benzene rings is 1. The maximum absolute atomic E-state index is 12.3. The number of carbonyl (C=O) groups is 1. The van der Waals surface area contributed by atoms with Crippen LogP contribution in [0.5, 0.6) is 0 Å². The summed E-state index contributed by atoms with van der Waals surface area (Å²) in [5.41, 5.74) is 2.25. The summed E-state index contributed by atoms with van der Waals surface area (Å²) in [5.74, 6) is 0.285. The van der Waals surface area contributed by atoms with Crippen LogP contribution in [0, 0.1) is 0 Å². The van der Waals surface area contributed by atoms with Gasteiger partial charge in [0.25, 0.3) is 0 Å². The summed E-state index contributed by atoms with van der Waals surface area (Å²) in [6.45, 7) is 1.27. The molecule has 1 aliphatic carbocycles. The lowest BCUT2D eigenvalue weighted by Gasteiger charge is -2.11. The maximum atomic E-state index is 12.3. The van der Waals surface area contributed by atoms with E-state index in [-0.39, 0.29) is 5.91 Å². The number of aromatic nitrogens is 6.